The molecule has 0 unspecified atom stereocenters. The zero-order chi connectivity index (χ0) is 12.8. The summed E-state index contributed by atoms with van der Waals surface area (Å²) >= 11 is 0. The van der Waals surface area contributed by atoms with Crippen LogP contribution >= 0.6 is 0 Å². The molecule has 0 saturated carbocycles. The lowest BCUT2D eigenvalue weighted by Gasteiger charge is -2.08. The number of nitrogens with one attached hydrogen (secondary N) is 1. The van der Waals surface area contributed by atoms with Crippen molar-refractivity contribution in [1.82, 2.24) is 0 Å². The Kier molecular flexibility index (Phi) is 4.21. The Morgan fingerprint density at radius 2 is 1.94 bits per heavy atom. The van der Waals surface area contributed by atoms with Crippen molar-refractivity contribution in [1.29, 1.82) is 0 Å². The minimum Gasteiger partial charge on any atom is -0.456 e. The van der Waals surface area contributed by atoms with Gasteiger partial charge in [-0.3, -0.25) is 14.4 Å². The zero-order valence-corrected chi connectivity index (χ0v) is 9.23. The van der Waals surface area contributed by atoms with Gasteiger partial charge in [0.15, 0.2) is 6.61 Å². The highest BCUT2D eigenvalue weighted by atomic mass is 16.5. The average molecular weight is 236 g/mol. The number of amides is 2. The summed E-state index contributed by atoms with van der Waals surface area (Å²) in [4.78, 5) is 32.9. The summed E-state index contributed by atoms with van der Waals surface area (Å²) in [6.45, 7) is 0.799. The van der Waals surface area contributed by atoms with E-state index in [4.69, 9.17) is 5.73 Å². The van der Waals surface area contributed by atoms with Gasteiger partial charge >= 0.3 is 5.97 Å². The highest BCUT2D eigenvalue weighted by molar-refractivity contribution is 6.03. The summed E-state index contributed by atoms with van der Waals surface area (Å²) in [5.41, 5.74) is 5.62. The van der Waals surface area contributed by atoms with Gasteiger partial charge in [0.25, 0.3) is 11.8 Å². The number of hydrogen-bond donors (Lipinski definition) is 2. The third-order valence-electron chi connectivity index (χ3n) is 1.87. The first-order chi connectivity index (χ1) is 8.00. The Balaban J connectivity index is 2.71. The zero-order valence-electron chi connectivity index (χ0n) is 9.23. The third-order valence-corrected chi connectivity index (χ3v) is 1.87. The maximum atomic E-state index is 11.4. The molecule has 6 nitrogen and oxygen atoms in total. The number of anilines is 1. The van der Waals surface area contributed by atoms with Crippen LogP contribution in [0.5, 0.6) is 0 Å². The molecule has 0 aromatic heterocycles. The second-order valence-electron chi connectivity index (χ2n) is 3.24. The average Bonchev–Trinajstić information content (AvgIpc) is 2.27. The first kappa shape index (κ1) is 12.7. The van der Waals surface area contributed by atoms with Crippen molar-refractivity contribution in [3.05, 3.63) is 29.8 Å². The van der Waals surface area contributed by atoms with Crippen LogP contribution in [-0.2, 0) is 14.3 Å². The van der Waals surface area contributed by atoms with Crippen molar-refractivity contribution in [2.24, 2.45) is 5.73 Å². The fourth-order valence-electron chi connectivity index (χ4n) is 1.16. The number of carbonyl (C=O) groups excluding carboxylic acids is 3. The van der Waals surface area contributed by atoms with Gasteiger partial charge < -0.3 is 15.8 Å². The third kappa shape index (κ3) is 3.94. The molecule has 6 heteroatoms. The fraction of sp³-hybridized carbons (Fsp3) is 0.182. The summed E-state index contributed by atoms with van der Waals surface area (Å²) in [7, 11) is 0. The van der Waals surface area contributed by atoms with Crippen molar-refractivity contribution in [2.75, 3.05) is 11.9 Å². The Labute approximate surface area is 97.7 Å². The molecule has 1 rings (SSSR count). The van der Waals surface area contributed by atoms with Gasteiger partial charge in [0.2, 0.25) is 0 Å². The van der Waals surface area contributed by atoms with E-state index >= 15 is 0 Å². The lowest BCUT2D eigenvalue weighted by molar-refractivity contribution is -0.144. The van der Waals surface area contributed by atoms with Crippen molar-refractivity contribution in [3.8, 4) is 0 Å². The van der Waals surface area contributed by atoms with E-state index in [2.05, 4.69) is 10.1 Å². The van der Waals surface area contributed by atoms with Gasteiger partial charge in [-0.05, 0) is 12.1 Å². The predicted octanol–water partition coefficient (Wildman–Crippen LogP) is 0.287. The maximum Gasteiger partial charge on any atom is 0.303 e. The highest BCUT2D eigenvalue weighted by Gasteiger charge is 2.10. The molecule has 0 atom stereocenters. The molecule has 0 fully saturated rings. The minimum atomic E-state index is -0.645. The van der Waals surface area contributed by atoms with Crippen LogP contribution in [0.1, 0.15) is 17.3 Å². The van der Waals surface area contributed by atoms with Crippen LogP contribution in [-0.4, -0.2) is 24.4 Å². The lowest BCUT2D eigenvalue weighted by atomic mass is 10.1. The van der Waals surface area contributed by atoms with Crippen LogP contribution in [0.4, 0.5) is 5.69 Å². The molecule has 0 radical (unpaired) electrons. The van der Waals surface area contributed by atoms with Gasteiger partial charge in [-0.15, -0.1) is 0 Å². The van der Waals surface area contributed by atoms with Gasteiger partial charge in [-0.25, -0.2) is 0 Å². The Hall–Kier alpha value is -2.37. The van der Waals surface area contributed by atoms with E-state index in [0.717, 1.165) is 0 Å². The van der Waals surface area contributed by atoms with Crippen LogP contribution in [0.2, 0.25) is 0 Å². The molecule has 0 saturated heterocycles. The van der Waals surface area contributed by atoms with Gasteiger partial charge in [0.05, 0.1) is 11.3 Å². The van der Waals surface area contributed by atoms with E-state index < -0.39 is 24.4 Å². The Bertz CT molecular complexity index is 457. The molecule has 1 aromatic rings. The number of primary amides is 1. The topological polar surface area (TPSA) is 98.5 Å². The minimum absolute atomic E-state index is 0.198. The molecule has 2 amide bonds. The van der Waals surface area contributed by atoms with E-state index in [0.29, 0.717) is 0 Å². The maximum absolute atomic E-state index is 11.4. The van der Waals surface area contributed by atoms with Crippen LogP contribution in [0.3, 0.4) is 0 Å². The molecule has 0 heterocycles. The molecule has 0 bridgehead atoms. The summed E-state index contributed by atoms with van der Waals surface area (Å²) in [6.07, 6.45) is 0. The summed E-state index contributed by atoms with van der Waals surface area (Å²) in [5, 5.41) is 2.43. The number of rotatable bonds is 4. The van der Waals surface area contributed by atoms with Gasteiger partial charge in [0, 0.05) is 6.92 Å². The standard InChI is InChI=1S/C11H12N2O4/c1-7(14)17-6-10(15)13-9-5-3-2-4-8(9)11(12)16/h2-5H,6H2,1H3,(H2,12,16)(H,13,15). The first-order valence-corrected chi connectivity index (χ1v) is 4.82. The normalized spacial score (nSPS) is 9.47. The Morgan fingerprint density at radius 3 is 2.53 bits per heavy atom. The number of benzene rings is 1. The van der Waals surface area contributed by atoms with Crippen molar-refractivity contribution >= 4 is 23.5 Å². The monoisotopic (exact) mass is 236 g/mol. The molecular formula is C11H12N2O4. The predicted molar refractivity (Wildman–Crippen MR) is 60.2 cm³/mol. The van der Waals surface area contributed by atoms with Crippen LogP contribution in [0.25, 0.3) is 0 Å². The van der Waals surface area contributed by atoms with Gasteiger partial charge in [-0.2, -0.15) is 0 Å². The van der Waals surface area contributed by atoms with E-state index in [1.165, 1.54) is 19.1 Å². The quantitative estimate of drug-likeness (QED) is 0.734. The fourth-order valence-corrected chi connectivity index (χ4v) is 1.16. The van der Waals surface area contributed by atoms with Crippen LogP contribution in [0, 0.1) is 0 Å². The van der Waals surface area contributed by atoms with Gasteiger partial charge in [-0.1, -0.05) is 12.1 Å². The number of carbonyl (C=O) groups is 3. The van der Waals surface area contributed by atoms with Crippen molar-refractivity contribution in [3.63, 3.8) is 0 Å². The molecule has 0 spiro atoms. The molecule has 1 aromatic carbocycles. The summed E-state index contributed by atoms with van der Waals surface area (Å²) in [5.74, 6) is -1.73. The number of hydrogen-bond acceptors (Lipinski definition) is 4. The molecule has 0 aliphatic heterocycles. The molecule has 90 valence electrons. The number of nitrogens with two attached hydrogens (primary N) is 1. The first-order valence-electron chi connectivity index (χ1n) is 4.82. The smallest absolute Gasteiger partial charge is 0.303 e. The molecular weight excluding hydrogens is 224 g/mol. The molecule has 0 aliphatic rings. The largest absolute Gasteiger partial charge is 0.456 e. The molecule has 17 heavy (non-hydrogen) atoms. The molecule has 3 N–H and O–H groups in total. The second-order valence-corrected chi connectivity index (χ2v) is 3.24. The Morgan fingerprint density at radius 1 is 1.29 bits per heavy atom. The van der Waals surface area contributed by atoms with Gasteiger partial charge in [0.1, 0.15) is 0 Å². The summed E-state index contributed by atoms with van der Waals surface area (Å²) < 4.78 is 4.51. The van der Waals surface area contributed by atoms with E-state index in [1.807, 2.05) is 0 Å². The van der Waals surface area contributed by atoms with Crippen molar-refractivity contribution in [2.45, 2.75) is 6.92 Å². The summed E-state index contributed by atoms with van der Waals surface area (Å²) in [6, 6.07) is 6.30. The number of para-hydroxylation sites is 1. The second kappa shape index (κ2) is 5.64. The lowest BCUT2D eigenvalue weighted by Crippen LogP contribution is -2.22. The SMILES string of the molecule is CC(=O)OCC(=O)Nc1ccccc1C(N)=O. The molecule has 0 aliphatic carbocycles. The van der Waals surface area contributed by atoms with E-state index in [-0.39, 0.29) is 11.3 Å². The number of ether oxygens (including phenoxy) is 1. The van der Waals surface area contributed by atoms with Crippen LogP contribution < -0.4 is 11.1 Å². The van der Waals surface area contributed by atoms with Crippen molar-refractivity contribution < 1.29 is 19.1 Å². The number of esters is 1. The highest BCUT2D eigenvalue weighted by Crippen LogP contribution is 2.13. The van der Waals surface area contributed by atoms with E-state index in [1.54, 1.807) is 12.1 Å². The van der Waals surface area contributed by atoms with E-state index in [9.17, 15) is 14.4 Å². The van der Waals surface area contributed by atoms with Crippen LogP contribution in [0.15, 0.2) is 24.3 Å².